The van der Waals surface area contributed by atoms with Crippen molar-refractivity contribution < 1.29 is 57.1 Å². The number of esters is 4. The lowest BCUT2D eigenvalue weighted by Crippen LogP contribution is -2.40. The highest BCUT2D eigenvalue weighted by atomic mass is 32.2. The van der Waals surface area contributed by atoms with Crippen molar-refractivity contribution in [3.05, 3.63) is 0 Å². The molecule has 0 amide bonds. The highest BCUT2D eigenvalue weighted by molar-refractivity contribution is 8.19. The molecular weight excluding hydrogens is 1130 g/mol. The summed E-state index contributed by atoms with van der Waals surface area (Å²) in [6.07, 6.45) is 0.819. The molecule has 0 aromatic rings. The zero-order valence-corrected chi connectivity index (χ0v) is 55.7. The average molecular weight is 1230 g/mol. The van der Waals surface area contributed by atoms with Crippen LogP contribution in [-0.4, -0.2) is 240 Å². The molecule has 0 aliphatic rings. The zero-order chi connectivity index (χ0) is 57.0. The van der Waals surface area contributed by atoms with Crippen LogP contribution < -0.4 is 0 Å². The fourth-order valence-corrected chi connectivity index (χ4v) is 15.3. The fraction of sp³-hybridized carbons (Fsp3) is 0.925. The minimum atomic E-state index is -0.264. The van der Waals surface area contributed by atoms with E-state index < -0.39 is 0 Å². The molecular formula is C53H103N3O12S8. The minimum Gasteiger partial charge on any atom is -0.465 e. The van der Waals surface area contributed by atoms with Gasteiger partial charge in [0.2, 0.25) is 0 Å². The van der Waals surface area contributed by atoms with Crippen LogP contribution in [0.1, 0.15) is 109 Å². The Morgan fingerprint density at radius 3 is 0.711 bits per heavy atom. The first-order chi connectivity index (χ1) is 36.1. The molecule has 23 heteroatoms. The summed E-state index contributed by atoms with van der Waals surface area (Å²) in [5.41, 5.74) is 0. The molecule has 0 heterocycles. The van der Waals surface area contributed by atoms with Crippen molar-refractivity contribution in [1.29, 1.82) is 0 Å². The SMILES string of the molecule is CCOCCSC(C)(C)SCCOC(=O)CCN(CCC(=O)OCCSC(C)(C)SCCOCC)CCN(C)CCN(CCC(=O)OCCSC(C)(C)SCCOCC)CCC(=O)OCCSC(C)(C)SCCOCC. The van der Waals surface area contributed by atoms with Gasteiger partial charge in [-0.15, -0.1) is 94.1 Å². The molecule has 0 saturated heterocycles. The summed E-state index contributed by atoms with van der Waals surface area (Å²) < 4.78 is 44.5. The normalized spacial score (nSPS) is 12.5. The lowest BCUT2D eigenvalue weighted by molar-refractivity contribution is -0.145. The maximum atomic E-state index is 13.0. The van der Waals surface area contributed by atoms with Crippen LogP contribution in [0.25, 0.3) is 0 Å². The molecule has 0 radical (unpaired) electrons. The molecule has 0 aromatic heterocycles. The van der Waals surface area contributed by atoms with E-state index in [0.29, 0.717) is 128 Å². The monoisotopic (exact) mass is 1230 g/mol. The number of rotatable bonds is 54. The molecule has 0 aliphatic heterocycles. The van der Waals surface area contributed by atoms with Crippen molar-refractivity contribution in [2.24, 2.45) is 0 Å². The molecule has 0 N–H and O–H groups in total. The Labute approximate surface area is 496 Å². The summed E-state index contributed by atoms with van der Waals surface area (Å²) in [6.45, 7) is 36.8. The maximum Gasteiger partial charge on any atom is 0.307 e. The Kier molecular flexibility index (Phi) is 48.1. The largest absolute Gasteiger partial charge is 0.465 e. The quantitative estimate of drug-likeness (QED) is 0.0245. The zero-order valence-electron chi connectivity index (χ0n) is 49.1. The van der Waals surface area contributed by atoms with E-state index in [1.165, 1.54) is 0 Å². The van der Waals surface area contributed by atoms with Gasteiger partial charge in [-0.25, -0.2) is 0 Å². The standard InChI is InChI=1S/C53H103N3O12S8/c1-14-61-30-38-69-50(5,6)73-42-34-65-46(57)18-22-55(23-19-47(58)66-35-43-74-51(7,8)70-39-31-62-15-2)28-26-54(13)27-29-56(24-20-48(59)67-36-44-75-52(9,10)71-40-32-63-16-3)25-21-49(60)68-37-45-76-53(11,12)72-41-33-64-17-4/h14-45H2,1-13H3. The van der Waals surface area contributed by atoms with Crippen LogP contribution in [0.15, 0.2) is 0 Å². The Balaban J connectivity index is 5.56. The fourth-order valence-electron chi connectivity index (χ4n) is 6.59. The number of hydrogen-bond acceptors (Lipinski definition) is 23. The van der Waals surface area contributed by atoms with Crippen molar-refractivity contribution in [3.8, 4) is 0 Å². The third kappa shape index (κ3) is 49.0. The molecule has 0 fully saturated rings. The summed E-state index contributed by atoms with van der Waals surface area (Å²) in [4.78, 5) is 58.4. The van der Waals surface area contributed by atoms with E-state index in [1.807, 2.05) is 81.8 Å². The number of thioether (sulfide) groups is 8. The van der Waals surface area contributed by atoms with Gasteiger partial charge in [0.25, 0.3) is 0 Å². The van der Waals surface area contributed by atoms with Gasteiger partial charge in [-0.05, 0) is 90.1 Å². The first-order valence-electron chi connectivity index (χ1n) is 27.3. The van der Waals surface area contributed by atoms with Gasteiger partial charge >= 0.3 is 23.9 Å². The predicted octanol–water partition coefficient (Wildman–Crippen LogP) is 10.2. The molecule has 0 atom stereocenters. The van der Waals surface area contributed by atoms with Gasteiger partial charge in [0.05, 0.1) is 68.4 Å². The van der Waals surface area contributed by atoms with Crippen LogP contribution in [0.5, 0.6) is 0 Å². The maximum absolute atomic E-state index is 13.0. The second-order valence-corrected chi connectivity index (χ2v) is 33.8. The Hall–Kier alpha value is 0.400. The molecule has 0 bridgehead atoms. The summed E-state index contributed by atoms with van der Waals surface area (Å²) in [5, 5.41) is 0. The molecule has 76 heavy (non-hydrogen) atoms. The lowest BCUT2D eigenvalue weighted by atomic mass is 10.3. The second-order valence-electron chi connectivity index (χ2n) is 19.0. The molecule has 0 rings (SSSR count). The number of nitrogens with zero attached hydrogens (tertiary/aromatic N) is 3. The number of carbonyl (C=O) groups excluding carboxylic acids is 4. The summed E-state index contributed by atoms with van der Waals surface area (Å²) in [7, 11) is 2.03. The minimum absolute atomic E-state index is 0.0202. The average Bonchev–Trinajstić information content (AvgIpc) is 3.36. The predicted molar refractivity (Wildman–Crippen MR) is 335 cm³/mol. The summed E-state index contributed by atoms with van der Waals surface area (Å²) in [5.74, 6) is 5.37. The number of hydrogen-bond donors (Lipinski definition) is 0. The second kappa shape index (κ2) is 47.8. The van der Waals surface area contributed by atoms with E-state index in [9.17, 15) is 19.2 Å². The topological polar surface area (TPSA) is 152 Å². The smallest absolute Gasteiger partial charge is 0.307 e. The Morgan fingerprint density at radius 1 is 0.316 bits per heavy atom. The van der Waals surface area contributed by atoms with E-state index in [-0.39, 0.29) is 65.9 Å². The van der Waals surface area contributed by atoms with Gasteiger partial charge in [-0.2, -0.15) is 0 Å². The van der Waals surface area contributed by atoms with Crippen molar-refractivity contribution >= 4 is 118 Å². The van der Waals surface area contributed by atoms with Crippen LogP contribution in [0.2, 0.25) is 0 Å². The lowest BCUT2D eigenvalue weighted by Gasteiger charge is -2.28. The van der Waals surface area contributed by atoms with E-state index in [2.05, 4.69) is 70.1 Å². The van der Waals surface area contributed by atoms with Gasteiger partial charge in [0, 0.05) is 125 Å². The van der Waals surface area contributed by atoms with E-state index >= 15 is 0 Å². The highest BCUT2D eigenvalue weighted by Gasteiger charge is 2.23. The van der Waals surface area contributed by atoms with Crippen molar-refractivity contribution in [2.45, 2.75) is 125 Å². The Bertz CT molecular complexity index is 1280. The van der Waals surface area contributed by atoms with Crippen LogP contribution in [0, 0.1) is 0 Å². The molecule has 0 unspecified atom stereocenters. The van der Waals surface area contributed by atoms with Crippen LogP contribution in [0.3, 0.4) is 0 Å². The van der Waals surface area contributed by atoms with Gasteiger partial charge in [0.15, 0.2) is 0 Å². The number of ether oxygens (including phenoxy) is 8. The van der Waals surface area contributed by atoms with Gasteiger partial charge in [0.1, 0.15) is 26.4 Å². The van der Waals surface area contributed by atoms with E-state index in [1.54, 1.807) is 47.0 Å². The molecule has 0 saturated carbocycles. The van der Waals surface area contributed by atoms with Gasteiger partial charge < -0.3 is 52.6 Å². The van der Waals surface area contributed by atoms with Crippen LogP contribution in [0.4, 0.5) is 0 Å². The summed E-state index contributed by atoms with van der Waals surface area (Å²) >= 11 is 14.4. The first kappa shape index (κ1) is 76.4. The van der Waals surface area contributed by atoms with Gasteiger partial charge in [-0.3, -0.25) is 19.2 Å². The molecule has 15 nitrogen and oxygen atoms in total. The third-order valence-electron chi connectivity index (χ3n) is 10.8. The number of likely N-dealkylation sites (N-methyl/N-ethyl adjacent to an activating group) is 1. The molecule has 0 aromatic carbocycles. The number of carbonyl (C=O) groups is 4. The molecule has 0 aliphatic carbocycles. The van der Waals surface area contributed by atoms with Gasteiger partial charge in [-0.1, -0.05) is 0 Å². The Morgan fingerprint density at radius 2 is 0.513 bits per heavy atom. The van der Waals surface area contributed by atoms with Crippen LogP contribution >= 0.6 is 94.1 Å². The van der Waals surface area contributed by atoms with Crippen molar-refractivity contribution in [1.82, 2.24) is 14.7 Å². The third-order valence-corrected chi connectivity index (χ3v) is 22.2. The summed E-state index contributed by atoms with van der Waals surface area (Å²) in [6, 6.07) is 0. The first-order valence-corrected chi connectivity index (χ1v) is 35.1. The van der Waals surface area contributed by atoms with E-state index in [0.717, 1.165) is 49.4 Å². The van der Waals surface area contributed by atoms with Crippen molar-refractivity contribution in [3.63, 3.8) is 0 Å². The van der Waals surface area contributed by atoms with Crippen molar-refractivity contribution in [2.75, 3.05) is 185 Å². The van der Waals surface area contributed by atoms with Crippen LogP contribution in [-0.2, 0) is 57.1 Å². The highest BCUT2D eigenvalue weighted by Crippen LogP contribution is 2.38. The molecule has 450 valence electrons. The molecule has 0 spiro atoms. The van der Waals surface area contributed by atoms with E-state index in [4.69, 9.17) is 37.9 Å².